The van der Waals surface area contributed by atoms with Gasteiger partial charge < -0.3 is 10.2 Å². The molecule has 0 unspecified atom stereocenters. The van der Waals surface area contributed by atoms with Crippen LogP contribution in [0, 0.1) is 0 Å². The van der Waals surface area contributed by atoms with E-state index in [1.165, 1.54) is 4.90 Å². The molecule has 2 heterocycles. The molecule has 1 aromatic heterocycles. The molecule has 5 heteroatoms. The van der Waals surface area contributed by atoms with E-state index >= 15 is 0 Å². The Labute approximate surface area is 110 Å². The van der Waals surface area contributed by atoms with Crippen molar-refractivity contribution < 1.29 is 9.59 Å². The molecule has 19 heavy (non-hydrogen) atoms. The van der Waals surface area contributed by atoms with Gasteiger partial charge in [0.25, 0.3) is 5.91 Å². The number of nitrogens with one attached hydrogen (secondary N) is 1. The summed E-state index contributed by atoms with van der Waals surface area (Å²) in [6, 6.07) is 11.2. The smallest absolute Gasteiger partial charge is 0.273 e. The molecular weight excluding hydrogens is 242 g/mol. The van der Waals surface area contributed by atoms with Crippen LogP contribution >= 0.6 is 0 Å². The molecular formula is C14H13N3O2. The first-order valence-electron chi connectivity index (χ1n) is 6.16. The van der Waals surface area contributed by atoms with E-state index in [1.807, 2.05) is 30.3 Å². The second-order valence-corrected chi connectivity index (χ2v) is 4.47. The Balaban J connectivity index is 1.90. The maximum Gasteiger partial charge on any atom is 0.273 e. The van der Waals surface area contributed by atoms with E-state index in [0.717, 1.165) is 10.9 Å². The van der Waals surface area contributed by atoms with Crippen LogP contribution in [0.15, 0.2) is 36.4 Å². The topological polar surface area (TPSA) is 62.3 Å². The molecule has 0 atom stereocenters. The van der Waals surface area contributed by atoms with E-state index in [0.29, 0.717) is 18.8 Å². The van der Waals surface area contributed by atoms with Gasteiger partial charge in [-0.25, -0.2) is 4.98 Å². The molecule has 1 N–H and O–H groups in total. The summed E-state index contributed by atoms with van der Waals surface area (Å²) in [5, 5.41) is 3.69. The summed E-state index contributed by atoms with van der Waals surface area (Å²) < 4.78 is 0. The van der Waals surface area contributed by atoms with Crippen molar-refractivity contribution in [1.82, 2.24) is 15.2 Å². The van der Waals surface area contributed by atoms with Crippen LogP contribution in [0.4, 0.5) is 0 Å². The van der Waals surface area contributed by atoms with Crippen molar-refractivity contribution in [3.05, 3.63) is 42.1 Å². The normalized spacial score (nSPS) is 15.4. The first-order chi connectivity index (χ1) is 9.24. The highest BCUT2D eigenvalue weighted by Gasteiger charge is 2.23. The van der Waals surface area contributed by atoms with E-state index in [-0.39, 0.29) is 18.4 Å². The predicted octanol–water partition coefficient (Wildman–Crippen LogP) is 0.807. The van der Waals surface area contributed by atoms with Gasteiger partial charge in [0.1, 0.15) is 5.69 Å². The van der Waals surface area contributed by atoms with Gasteiger partial charge in [0.15, 0.2) is 0 Å². The van der Waals surface area contributed by atoms with Crippen molar-refractivity contribution in [2.45, 2.75) is 0 Å². The van der Waals surface area contributed by atoms with E-state index in [4.69, 9.17) is 0 Å². The summed E-state index contributed by atoms with van der Waals surface area (Å²) in [6.07, 6.45) is 0. The number of nitrogens with zero attached hydrogens (tertiary/aromatic N) is 2. The number of para-hydroxylation sites is 1. The van der Waals surface area contributed by atoms with Crippen molar-refractivity contribution in [1.29, 1.82) is 0 Å². The van der Waals surface area contributed by atoms with E-state index in [9.17, 15) is 9.59 Å². The summed E-state index contributed by atoms with van der Waals surface area (Å²) in [4.78, 5) is 29.4. The number of amides is 2. The lowest BCUT2D eigenvalue weighted by Gasteiger charge is -2.26. The van der Waals surface area contributed by atoms with Crippen LogP contribution < -0.4 is 5.32 Å². The second-order valence-electron chi connectivity index (χ2n) is 4.47. The number of pyridine rings is 1. The predicted molar refractivity (Wildman–Crippen MR) is 70.7 cm³/mol. The molecule has 1 aromatic carbocycles. The van der Waals surface area contributed by atoms with Gasteiger partial charge in [-0.2, -0.15) is 0 Å². The van der Waals surface area contributed by atoms with Gasteiger partial charge in [-0.05, 0) is 12.1 Å². The van der Waals surface area contributed by atoms with Crippen LogP contribution in [0.3, 0.4) is 0 Å². The Hall–Kier alpha value is -2.43. The Morgan fingerprint density at radius 3 is 2.89 bits per heavy atom. The maximum atomic E-state index is 12.3. The summed E-state index contributed by atoms with van der Waals surface area (Å²) in [5.74, 6) is -0.319. The Kier molecular flexibility index (Phi) is 2.87. The average molecular weight is 255 g/mol. The highest BCUT2D eigenvalue weighted by atomic mass is 16.2. The largest absolute Gasteiger partial charge is 0.353 e. The first-order valence-corrected chi connectivity index (χ1v) is 6.16. The number of carbonyl (C=O) groups is 2. The number of piperazine rings is 1. The molecule has 0 spiro atoms. The number of fused-ring (bicyclic) bond motifs is 1. The lowest BCUT2D eigenvalue weighted by Crippen LogP contribution is -2.50. The van der Waals surface area contributed by atoms with Crippen LogP contribution in [-0.4, -0.2) is 41.3 Å². The Morgan fingerprint density at radius 1 is 1.21 bits per heavy atom. The van der Waals surface area contributed by atoms with Crippen LogP contribution in [0.1, 0.15) is 10.5 Å². The Bertz CT molecular complexity index is 654. The fourth-order valence-corrected chi connectivity index (χ4v) is 2.16. The molecule has 2 amide bonds. The number of aromatic nitrogens is 1. The third kappa shape index (κ3) is 2.27. The third-order valence-corrected chi connectivity index (χ3v) is 3.14. The fraction of sp³-hybridized carbons (Fsp3) is 0.214. The molecule has 0 saturated carbocycles. The quantitative estimate of drug-likeness (QED) is 0.820. The zero-order valence-corrected chi connectivity index (χ0v) is 10.3. The molecule has 1 aliphatic heterocycles. The van der Waals surface area contributed by atoms with Crippen LogP contribution in [0.25, 0.3) is 10.9 Å². The molecule has 0 radical (unpaired) electrons. The minimum Gasteiger partial charge on any atom is -0.353 e. The summed E-state index contributed by atoms with van der Waals surface area (Å²) in [7, 11) is 0. The first kappa shape index (κ1) is 11.6. The van der Waals surface area contributed by atoms with Crippen LogP contribution in [0.2, 0.25) is 0 Å². The van der Waals surface area contributed by atoms with Gasteiger partial charge in [-0.15, -0.1) is 0 Å². The molecule has 1 aliphatic rings. The SMILES string of the molecule is O=C1CN(C(=O)c2ccc3ccccc3n2)CCN1. The molecule has 3 rings (SSSR count). The van der Waals surface area contributed by atoms with Crippen molar-refractivity contribution in [3.63, 3.8) is 0 Å². The highest BCUT2D eigenvalue weighted by Crippen LogP contribution is 2.13. The Morgan fingerprint density at radius 2 is 2.05 bits per heavy atom. The van der Waals surface area contributed by atoms with Gasteiger partial charge in [-0.1, -0.05) is 24.3 Å². The van der Waals surface area contributed by atoms with Gasteiger partial charge >= 0.3 is 0 Å². The van der Waals surface area contributed by atoms with Crippen LogP contribution in [0.5, 0.6) is 0 Å². The summed E-state index contributed by atoms with van der Waals surface area (Å²) >= 11 is 0. The maximum absolute atomic E-state index is 12.3. The molecule has 1 saturated heterocycles. The average Bonchev–Trinajstić information content (AvgIpc) is 2.46. The summed E-state index contributed by atoms with van der Waals surface area (Å²) in [6.45, 7) is 1.13. The molecule has 1 fully saturated rings. The number of benzene rings is 1. The van der Waals surface area contributed by atoms with Crippen LogP contribution in [-0.2, 0) is 4.79 Å². The van der Waals surface area contributed by atoms with Gasteiger partial charge in [-0.3, -0.25) is 9.59 Å². The summed E-state index contributed by atoms with van der Waals surface area (Å²) in [5.41, 5.74) is 1.17. The number of carbonyl (C=O) groups excluding carboxylic acids is 2. The molecule has 0 aliphatic carbocycles. The monoisotopic (exact) mass is 255 g/mol. The van der Waals surface area contributed by atoms with E-state index < -0.39 is 0 Å². The van der Waals surface area contributed by atoms with Gasteiger partial charge in [0, 0.05) is 18.5 Å². The third-order valence-electron chi connectivity index (χ3n) is 3.14. The lowest BCUT2D eigenvalue weighted by atomic mass is 10.2. The molecule has 5 nitrogen and oxygen atoms in total. The minimum absolute atomic E-state index is 0.105. The molecule has 96 valence electrons. The number of rotatable bonds is 1. The van der Waals surface area contributed by atoms with Crippen molar-refractivity contribution in [2.75, 3.05) is 19.6 Å². The minimum atomic E-state index is -0.194. The number of hydrogen-bond donors (Lipinski definition) is 1. The van der Waals surface area contributed by atoms with E-state index in [1.54, 1.807) is 6.07 Å². The zero-order valence-electron chi connectivity index (χ0n) is 10.3. The van der Waals surface area contributed by atoms with Gasteiger partial charge in [0.2, 0.25) is 5.91 Å². The molecule has 0 bridgehead atoms. The lowest BCUT2D eigenvalue weighted by molar-refractivity contribution is -0.123. The van der Waals surface area contributed by atoms with Gasteiger partial charge in [0.05, 0.1) is 12.1 Å². The van der Waals surface area contributed by atoms with E-state index in [2.05, 4.69) is 10.3 Å². The highest BCUT2D eigenvalue weighted by molar-refractivity contribution is 5.97. The van der Waals surface area contributed by atoms with Crippen molar-refractivity contribution >= 4 is 22.7 Å². The molecule has 2 aromatic rings. The standard InChI is InChI=1S/C14H13N3O2/c18-13-9-17(8-7-15-13)14(19)12-6-5-10-3-1-2-4-11(10)16-12/h1-6H,7-9H2,(H,15,18). The zero-order chi connectivity index (χ0) is 13.2. The fourth-order valence-electron chi connectivity index (χ4n) is 2.16. The second kappa shape index (κ2) is 4.68. The number of hydrogen-bond acceptors (Lipinski definition) is 3. The van der Waals surface area contributed by atoms with Crippen molar-refractivity contribution in [3.8, 4) is 0 Å². The van der Waals surface area contributed by atoms with Crippen molar-refractivity contribution in [2.24, 2.45) is 0 Å².